The Morgan fingerprint density at radius 1 is 1.41 bits per heavy atom. The summed E-state index contributed by atoms with van der Waals surface area (Å²) in [5, 5.41) is 2.02. The summed E-state index contributed by atoms with van der Waals surface area (Å²) in [6.45, 7) is 6.27. The minimum Gasteiger partial charge on any atom is -0.498 e. The molecule has 172 valence electrons. The number of nitrogens with zero attached hydrogens (tertiary/aromatic N) is 2. The van der Waals surface area contributed by atoms with Crippen LogP contribution in [0.5, 0.6) is 0 Å². The second kappa shape index (κ2) is 10.0. The molecule has 32 heavy (non-hydrogen) atoms. The Hall–Kier alpha value is -2.38. The van der Waals surface area contributed by atoms with Crippen LogP contribution >= 0.6 is 11.3 Å². The van der Waals surface area contributed by atoms with Crippen molar-refractivity contribution in [3.8, 4) is 10.8 Å². The number of likely N-dealkylation sites (tertiary alicyclic amines) is 1. The largest absolute Gasteiger partial charge is 0.498 e. The van der Waals surface area contributed by atoms with Crippen LogP contribution in [0.3, 0.4) is 0 Å². The molecule has 1 aliphatic heterocycles. The zero-order valence-electron chi connectivity index (χ0n) is 19.2. The Bertz CT molecular complexity index is 992. The van der Waals surface area contributed by atoms with Gasteiger partial charge in [0, 0.05) is 19.4 Å². The highest BCUT2D eigenvalue weighted by atomic mass is 32.1. The number of rotatable bonds is 9. The van der Waals surface area contributed by atoms with Crippen molar-refractivity contribution in [1.29, 1.82) is 0 Å². The van der Waals surface area contributed by atoms with Gasteiger partial charge in [-0.1, -0.05) is 19.1 Å². The van der Waals surface area contributed by atoms with Gasteiger partial charge in [0.05, 0.1) is 30.0 Å². The zero-order valence-corrected chi connectivity index (χ0v) is 20.0. The Morgan fingerprint density at radius 2 is 2.28 bits per heavy atom. The summed E-state index contributed by atoms with van der Waals surface area (Å²) in [5.41, 5.74) is 1.67. The fourth-order valence-electron chi connectivity index (χ4n) is 4.76. The molecule has 0 aromatic carbocycles. The van der Waals surface area contributed by atoms with Crippen LogP contribution < -0.4 is 0 Å². The number of esters is 1. The number of hydrogen-bond acceptors (Lipinski definition) is 7. The number of carbonyl (C=O) groups excluding carboxylic acids is 1. The van der Waals surface area contributed by atoms with Crippen molar-refractivity contribution in [2.75, 3.05) is 26.8 Å². The second-order valence-electron chi connectivity index (χ2n) is 8.43. The number of carbonyl (C=O) groups is 1. The number of oxazole rings is 1. The Kier molecular flexibility index (Phi) is 7.16. The summed E-state index contributed by atoms with van der Waals surface area (Å²) in [7, 11) is 1.49. The third kappa shape index (κ3) is 4.69. The van der Waals surface area contributed by atoms with Crippen molar-refractivity contribution in [2.24, 2.45) is 0 Å². The molecule has 0 saturated carbocycles. The van der Waals surface area contributed by atoms with E-state index in [-0.39, 0.29) is 5.97 Å². The number of allylic oxidation sites excluding steroid dienone is 2. The molecule has 1 saturated heterocycles. The van der Waals surface area contributed by atoms with Crippen LogP contribution in [-0.4, -0.2) is 48.2 Å². The van der Waals surface area contributed by atoms with Crippen LogP contribution in [-0.2, 0) is 20.7 Å². The number of aromatic nitrogens is 1. The lowest BCUT2D eigenvalue weighted by molar-refractivity contribution is -0.153. The van der Waals surface area contributed by atoms with E-state index >= 15 is 0 Å². The average molecular weight is 457 g/mol. The van der Waals surface area contributed by atoms with Gasteiger partial charge in [-0.15, -0.1) is 11.3 Å². The average Bonchev–Trinajstić information content (AvgIpc) is 3.55. The number of thiophene rings is 1. The maximum absolute atomic E-state index is 12.5. The fourth-order valence-corrected chi connectivity index (χ4v) is 5.41. The molecule has 6 nitrogen and oxygen atoms in total. The zero-order chi connectivity index (χ0) is 22.6. The van der Waals surface area contributed by atoms with Gasteiger partial charge in [0.25, 0.3) is 0 Å². The van der Waals surface area contributed by atoms with Crippen molar-refractivity contribution < 1.29 is 18.7 Å². The summed E-state index contributed by atoms with van der Waals surface area (Å²) in [5.74, 6) is 2.42. The molecular formula is C25H32N2O4S. The van der Waals surface area contributed by atoms with Crippen molar-refractivity contribution in [3.05, 3.63) is 52.5 Å². The van der Waals surface area contributed by atoms with Gasteiger partial charge in [0.15, 0.2) is 0 Å². The highest BCUT2D eigenvalue weighted by molar-refractivity contribution is 7.13. The van der Waals surface area contributed by atoms with E-state index in [0.717, 1.165) is 67.3 Å². The molecule has 2 aromatic rings. The molecule has 2 aromatic heterocycles. The molecule has 1 unspecified atom stereocenters. The molecule has 1 fully saturated rings. The Morgan fingerprint density at radius 3 is 3.03 bits per heavy atom. The molecule has 0 spiro atoms. The van der Waals surface area contributed by atoms with Gasteiger partial charge in [-0.25, -0.2) is 4.98 Å². The van der Waals surface area contributed by atoms with Gasteiger partial charge in [0.1, 0.15) is 11.3 Å². The lowest BCUT2D eigenvalue weighted by Gasteiger charge is -2.35. The Labute approximate surface area is 193 Å². The predicted octanol–water partition coefficient (Wildman–Crippen LogP) is 5.29. The first-order valence-electron chi connectivity index (χ1n) is 11.4. The smallest absolute Gasteiger partial charge is 0.326 e. The van der Waals surface area contributed by atoms with Crippen LogP contribution in [0, 0.1) is 6.92 Å². The summed E-state index contributed by atoms with van der Waals surface area (Å²) in [4.78, 5) is 20.5. The molecule has 0 N–H and O–H groups in total. The predicted molar refractivity (Wildman–Crippen MR) is 125 cm³/mol. The minimum atomic E-state index is -0.493. The van der Waals surface area contributed by atoms with E-state index in [0.29, 0.717) is 18.9 Å². The third-order valence-corrected chi connectivity index (χ3v) is 7.40. The molecule has 0 radical (unpaired) electrons. The topological polar surface area (TPSA) is 64.8 Å². The highest BCUT2D eigenvalue weighted by Crippen LogP contribution is 2.35. The van der Waals surface area contributed by atoms with Gasteiger partial charge >= 0.3 is 5.97 Å². The van der Waals surface area contributed by atoms with Crippen LogP contribution in [0.15, 0.2) is 45.4 Å². The van der Waals surface area contributed by atoms with Crippen molar-refractivity contribution >= 4 is 17.3 Å². The molecule has 0 bridgehead atoms. The van der Waals surface area contributed by atoms with Gasteiger partial charge in [-0.3, -0.25) is 9.69 Å². The van der Waals surface area contributed by atoms with Crippen molar-refractivity contribution in [2.45, 2.75) is 57.9 Å². The lowest BCUT2D eigenvalue weighted by Crippen LogP contribution is -2.51. The van der Waals surface area contributed by atoms with E-state index in [4.69, 9.17) is 13.9 Å². The standard InChI is InChI=1S/C25H32N2O4S/c1-4-25(24(28)29-3)12-7-13-27(25)17-19-8-5-9-20(16-19)30-14-11-21-18(2)31-23(26-21)22-10-6-15-32-22/h6,8,10,15-16H,4-5,7,9,11-14,17H2,1-3H3. The molecule has 2 aliphatic rings. The van der Waals surface area contributed by atoms with E-state index in [9.17, 15) is 4.79 Å². The summed E-state index contributed by atoms with van der Waals surface area (Å²) in [6, 6.07) is 4.02. The Balaban J connectivity index is 1.34. The fraction of sp³-hybridized carbons (Fsp3) is 0.520. The molecule has 1 atom stereocenters. The highest BCUT2D eigenvalue weighted by Gasteiger charge is 2.46. The van der Waals surface area contributed by atoms with Crippen LogP contribution in [0.4, 0.5) is 0 Å². The van der Waals surface area contributed by atoms with E-state index in [2.05, 4.69) is 29.0 Å². The van der Waals surface area contributed by atoms with Crippen molar-refractivity contribution in [3.63, 3.8) is 0 Å². The molecule has 7 heteroatoms. The van der Waals surface area contributed by atoms with E-state index in [1.54, 1.807) is 11.3 Å². The maximum Gasteiger partial charge on any atom is 0.326 e. The molecule has 1 aliphatic carbocycles. The van der Waals surface area contributed by atoms with Gasteiger partial charge in [-0.05, 0) is 62.2 Å². The first-order valence-corrected chi connectivity index (χ1v) is 12.3. The quantitative estimate of drug-likeness (QED) is 0.478. The number of ether oxygens (including phenoxy) is 2. The van der Waals surface area contributed by atoms with E-state index in [1.165, 1.54) is 12.7 Å². The van der Waals surface area contributed by atoms with Gasteiger partial charge in [0.2, 0.25) is 5.89 Å². The van der Waals surface area contributed by atoms with E-state index < -0.39 is 5.54 Å². The van der Waals surface area contributed by atoms with Gasteiger partial charge < -0.3 is 13.9 Å². The molecule has 4 rings (SSSR count). The summed E-state index contributed by atoms with van der Waals surface area (Å²) in [6.07, 6.45) is 9.63. The van der Waals surface area contributed by atoms with Crippen LogP contribution in [0.25, 0.3) is 10.8 Å². The summed E-state index contributed by atoms with van der Waals surface area (Å²) < 4.78 is 17.1. The second-order valence-corrected chi connectivity index (χ2v) is 9.38. The normalized spacial score (nSPS) is 21.3. The SMILES string of the molecule is CCC1(C(=O)OC)CCCN1CC1=CCCC(OCCc2nc(-c3cccs3)oc2C)=C1. The van der Waals surface area contributed by atoms with Gasteiger partial charge in [-0.2, -0.15) is 0 Å². The third-order valence-electron chi connectivity index (χ3n) is 6.54. The molecular weight excluding hydrogens is 424 g/mol. The van der Waals surface area contributed by atoms with Crippen molar-refractivity contribution in [1.82, 2.24) is 9.88 Å². The first-order chi connectivity index (χ1) is 15.6. The maximum atomic E-state index is 12.5. The van der Waals surface area contributed by atoms with E-state index in [1.807, 2.05) is 24.4 Å². The summed E-state index contributed by atoms with van der Waals surface area (Å²) >= 11 is 1.63. The van der Waals surface area contributed by atoms with Crippen LogP contribution in [0.2, 0.25) is 0 Å². The molecule has 0 amide bonds. The van der Waals surface area contributed by atoms with Crippen LogP contribution in [0.1, 0.15) is 50.5 Å². The molecule has 3 heterocycles. The number of methoxy groups -OCH3 is 1. The minimum absolute atomic E-state index is 0.112. The lowest BCUT2D eigenvalue weighted by atomic mass is 9.92. The monoisotopic (exact) mass is 456 g/mol. The first kappa shape index (κ1) is 22.8. The number of hydrogen-bond donors (Lipinski definition) is 0. The number of aryl methyl sites for hydroxylation is 1.